The molecular weight excluding hydrogens is 304 g/mol. The summed E-state index contributed by atoms with van der Waals surface area (Å²) in [4.78, 5) is 11.1. The average molecular weight is 326 g/mol. The lowest BCUT2D eigenvalue weighted by molar-refractivity contribution is -0.384. The van der Waals surface area contributed by atoms with Gasteiger partial charge in [0.2, 0.25) is 0 Å². The number of nitrogens with one attached hydrogen (secondary N) is 1. The van der Waals surface area contributed by atoms with Crippen molar-refractivity contribution in [2.75, 3.05) is 11.9 Å². The summed E-state index contributed by atoms with van der Waals surface area (Å²) in [5, 5.41) is 19.8. The number of nitro benzene ring substituents is 1. The molecule has 126 valence electrons. The fraction of sp³-hybridized carbons (Fsp3) is 0.500. The van der Waals surface area contributed by atoms with Gasteiger partial charge in [0.25, 0.3) is 5.69 Å². The Kier molecular flexibility index (Phi) is 3.96. The first kappa shape index (κ1) is 15.2. The molecule has 24 heavy (non-hydrogen) atoms. The normalized spacial score (nSPS) is 18.0. The summed E-state index contributed by atoms with van der Waals surface area (Å²) in [6.45, 7) is 0.892. The number of aromatic nitrogens is 2. The molecule has 1 aliphatic heterocycles. The first-order valence-electron chi connectivity index (χ1n) is 8.85. The van der Waals surface area contributed by atoms with E-state index in [1.807, 2.05) is 6.07 Å². The van der Waals surface area contributed by atoms with Gasteiger partial charge >= 0.3 is 0 Å². The molecule has 2 heterocycles. The number of hydrogen-bond acceptors (Lipinski definition) is 4. The number of fused-ring (bicyclic) bond motifs is 1. The van der Waals surface area contributed by atoms with Crippen molar-refractivity contribution < 1.29 is 4.92 Å². The Morgan fingerprint density at radius 3 is 2.75 bits per heavy atom. The Morgan fingerprint density at radius 2 is 1.96 bits per heavy atom. The molecule has 0 amide bonds. The van der Waals surface area contributed by atoms with E-state index in [-0.39, 0.29) is 10.6 Å². The van der Waals surface area contributed by atoms with Gasteiger partial charge in [0, 0.05) is 24.1 Å². The van der Waals surface area contributed by atoms with Crippen LogP contribution in [-0.2, 0) is 6.42 Å². The minimum atomic E-state index is -0.324. The van der Waals surface area contributed by atoms with E-state index in [9.17, 15) is 10.1 Å². The van der Waals surface area contributed by atoms with E-state index in [0.717, 1.165) is 37.3 Å². The van der Waals surface area contributed by atoms with Crippen LogP contribution in [0.4, 0.5) is 11.5 Å². The van der Waals surface area contributed by atoms with E-state index in [4.69, 9.17) is 5.10 Å². The second kappa shape index (κ2) is 6.26. The zero-order valence-electron chi connectivity index (χ0n) is 13.7. The van der Waals surface area contributed by atoms with Crippen LogP contribution in [0, 0.1) is 10.1 Å². The molecule has 0 spiro atoms. The van der Waals surface area contributed by atoms with Crippen molar-refractivity contribution in [3.05, 3.63) is 45.6 Å². The van der Waals surface area contributed by atoms with E-state index in [0.29, 0.717) is 11.6 Å². The van der Waals surface area contributed by atoms with E-state index >= 15 is 0 Å². The van der Waals surface area contributed by atoms with Crippen LogP contribution in [0.5, 0.6) is 0 Å². The van der Waals surface area contributed by atoms with Crippen LogP contribution in [-0.4, -0.2) is 21.2 Å². The van der Waals surface area contributed by atoms with Gasteiger partial charge in [-0.1, -0.05) is 25.0 Å². The summed E-state index contributed by atoms with van der Waals surface area (Å²) in [5.41, 5.74) is 3.09. The smallest absolute Gasteiger partial charge is 0.294 e. The largest absolute Gasteiger partial charge is 0.370 e. The van der Waals surface area contributed by atoms with Gasteiger partial charge < -0.3 is 5.32 Å². The molecular formula is C18H22N4O2. The molecule has 1 N–H and O–H groups in total. The molecule has 0 unspecified atom stereocenters. The van der Waals surface area contributed by atoms with Crippen LogP contribution in [0.2, 0.25) is 0 Å². The molecule has 6 nitrogen and oxygen atoms in total. The Labute approximate surface area is 141 Å². The molecule has 2 aliphatic rings. The Morgan fingerprint density at radius 1 is 1.17 bits per heavy atom. The SMILES string of the molecule is O=[N+]([O-])c1ccccc1-n1nc(C2CCCC2)c2c1NCCCC2. The lowest BCUT2D eigenvalue weighted by atomic mass is 9.97. The van der Waals surface area contributed by atoms with Gasteiger partial charge in [-0.05, 0) is 38.2 Å². The fourth-order valence-corrected chi connectivity index (χ4v) is 4.03. The van der Waals surface area contributed by atoms with Crippen molar-refractivity contribution in [3.63, 3.8) is 0 Å². The highest BCUT2D eigenvalue weighted by Crippen LogP contribution is 2.40. The topological polar surface area (TPSA) is 73.0 Å². The Balaban J connectivity index is 1.88. The summed E-state index contributed by atoms with van der Waals surface area (Å²) in [6, 6.07) is 6.88. The maximum Gasteiger partial charge on any atom is 0.294 e. The van der Waals surface area contributed by atoms with E-state index in [2.05, 4.69) is 5.32 Å². The third-order valence-electron chi connectivity index (χ3n) is 5.21. The Bertz CT molecular complexity index is 762. The fourth-order valence-electron chi connectivity index (χ4n) is 4.03. The van der Waals surface area contributed by atoms with Crippen molar-refractivity contribution in [1.29, 1.82) is 0 Å². The minimum absolute atomic E-state index is 0.104. The summed E-state index contributed by atoms with van der Waals surface area (Å²) in [7, 11) is 0. The monoisotopic (exact) mass is 326 g/mol. The quantitative estimate of drug-likeness (QED) is 0.678. The number of hydrogen-bond donors (Lipinski definition) is 1. The van der Waals surface area contributed by atoms with Gasteiger partial charge in [-0.15, -0.1) is 0 Å². The highest BCUT2D eigenvalue weighted by Gasteiger charge is 2.29. The highest BCUT2D eigenvalue weighted by atomic mass is 16.6. The van der Waals surface area contributed by atoms with E-state index in [1.54, 1.807) is 22.9 Å². The van der Waals surface area contributed by atoms with Crippen LogP contribution in [0.3, 0.4) is 0 Å². The third kappa shape index (κ3) is 2.56. The number of para-hydroxylation sites is 2. The number of benzene rings is 1. The van der Waals surface area contributed by atoms with Crippen molar-refractivity contribution in [2.24, 2.45) is 0 Å². The zero-order chi connectivity index (χ0) is 16.5. The number of anilines is 1. The van der Waals surface area contributed by atoms with Gasteiger partial charge in [0.15, 0.2) is 0 Å². The molecule has 6 heteroatoms. The van der Waals surface area contributed by atoms with Gasteiger partial charge in [0.1, 0.15) is 11.5 Å². The lowest BCUT2D eigenvalue weighted by Gasteiger charge is -2.09. The molecule has 4 rings (SSSR count). The summed E-state index contributed by atoms with van der Waals surface area (Å²) >= 11 is 0. The van der Waals surface area contributed by atoms with Gasteiger partial charge in [-0.2, -0.15) is 5.10 Å². The molecule has 1 aliphatic carbocycles. The first-order valence-corrected chi connectivity index (χ1v) is 8.85. The molecule has 0 atom stereocenters. The van der Waals surface area contributed by atoms with Crippen molar-refractivity contribution >= 4 is 11.5 Å². The van der Waals surface area contributed by atoms with Crippen molar-refractivity contribution in [2.45, 2.75) is 50.9 Å². The van der Waals surface area contributed by atoms with Crippen LogP contribution >= 0.6 is 0 Å². The van der Waals surface area contributed by atoms with E-state index in [1.165, 1.54) is 31.2 Å². The molecule has 0 saturated heterocycles. The summed E-state index contributed by atoms with van der Waals surface area (Å²) in [5.74, 6) is 1.46. The van der Waals surface area contributed by atoms with Crippen LogP contribution in [0.15, 0.2) is 24.3 Å². The lowest BCUT2D eigenvalue weighted by Crippen LogP contribution is -2.09. The minimum Gasteiger partial charge on any atom is -0.370 e. The number of rotatable bonds is 3. The van der Waals surface area contributed by atoms with Crippen LogP contribution < -0.4 is 5.32 Å². The molecule has 1 saturated carbocycles. The third-order valence-corrected chi connectivity index (χ3v) is 5.21. The van der Waals surface area contributed by atoms with Gasteiger partial charge in [-0.25, -0.2) is 4.68 Å². The number of nitro groups is 1. The summed E-state index contributed by atoms with van der Waals surface area (Å²) in [6.07, 6.45) is 8.14. The maximum absolute atomic E-state index is 11.4. The van der Waals surface area contributed by atoms with Gasteiger partial charge in [-0.3, -0.25) is 10.1 Å². The molecule has 0 radical (unpaired) electrons. The number of nitrogens with zero attached hydrogens (tertiary/aromatic N) is 3. The molecule has 1 aromatic heterocycles. The van der Waals surface area contributed by atoms with Gasteiger partial charge in [0.05, 0.1) is 10.6 Å². The molecule has 1 fully saturated rings. The molecule has 1 aromatic carbocycles. The predicted octanol–water partition coefficient (Wildman–Crippen LogP) is 4.19. The average Bonchev–Trinajstić information content (AvgIpc) is 3.17. The van der Waals surface area contributed by atoms with Crippen molar-refractivity contribution in [3.8, 4) is 5.69 Å². The van der Waals surface area contributed by atoms with E-state index < -0.39 is 0 Å². The molecule has 0 bridgehead atoms. The molecule has 2 aromatic rings. The Hall–Kier alpha value is -2.37. The second-order valence-electron chi connectivity index (χ2n) is 6.74. The second-order valence-corrected chi connectivity index (χ2v) is 6.74. The highest BCUT2D eigenvalue weighted by molar-refractivity contribution is 5.60. The first-order chi connectivity index (χ1) is 11.8. The van der Waals surface area contributed by atoms with Crippen molar-refractivity contribution in [1.82, 2.24) is 9.78 Å². The zero-order valence-corrected chi connectivity index (χ0v) is 13.7. The summed E-state index contributed by atoms with van der Waals surface area (Å²) < 4.78 is 1.78. The van der Waals surface area contributed by atoms with Crippen LogP contribution in [0.1, 0.15) is 55.7 Å². The van der Waals surface area contributed by atoms with Crippen LogP contribution in [0.25, 0.3) is 5.69 Å². The predicted molar refractivity (Wildman–Crippen MR) is 92.9 cm³/mol. The maximum atomic E-state index is 11.4. The standard InChI is InChI=1S/C18H22N4O2/c23-22(24)16-11-4-3-10-15(16)21-18-14(9-5-6-12-19-18)17(20-21)13-7-1-2-8-13/h3-4,10-11,13,19H,1-2,5-9,12H2.